The summed E-state index contributed by atoms with van der Waals surface area (Å²) in [5, 5.41) is 2.88. The highest BCUT2D eigenvalue weighted by Crippen LogP contribution is 2.44. The molecular weight excluding hydrogens is 244 g/mol. The summed E-state index contributed by atoms with van der Waals surface area (Å²) in [7, 11) is 0. The largest absolute Gasteiger partial charge is 0.380 e. The minimum Gasteiger partial charge on any atom is -0.380 e. The molecule has 5 nitrogen and oxygen atoms in total. The molecule has 1 aliphatic heterocycles. The predicted molar refractivity (Wildman–Crippen MR) is 71.6 cm³/mol. The van der Waals surface area contributed by atoms with Crippen LogP contribution in [0.25, 0.3) is 0 Å². The van der Waals surface area contributed by atoms with Gasteiger partial charge in [-0.25, -0.2) is 0 Å². The lowest BCUT2D eigenvalue weighted by molar-refractivity contribution is -0.159. The molecule has 2 fully saturated rings. The topological polar surface area (TPSA) is 58.6 Å². The van der Waals surface area contributed by atoms with Crippen LogP contribution in [0.4, 0.5) is 0 Å². The molecule has 0 aromatic heterocycles. The minimum absolute atomic E-state index is 0.00190. The predicted octanol–water partition coefficient (Wildman–Crippen LogP) is 0.929. The van der Waals surface area contributed by atoms with Crippen LogP contribution < -0.4 is 5.32 Å². The number of hydrogen-bond donors (Lipinski definition) is 1. The van der Waals surface area contributed by atoms with Gasteiger partial charge >= 0.3 is 0 Å². The van der Waals surface area contributed by atoms with Crippen molar-refractivity contribution in [3.05, 3.63) is 0 Å². The second-order valence-corrected chi connectivity index (χ2v) is 5.54. The number of rotatable bonds is 6. The first-order valence-electron chi connectivity index (χ1n) is 7.25. The molecule has 0 spiro atoms. The maximum absolute atomic E-state index is 12.5. The molecule has 0 radical (unpaired) electrons. The molecule has 1 saturated heterocycles. The summed E-state index contributed by atoms with van der Waals surface area (Å²) in [5.74, 6) is 0.338. The van der Waals surface area contributed by atoms with Gasteiger partial charge in [-0.1, -0.05) is 6.92 Å². The van der Waals surface area contributed by atoms with Gasteiger partial charge in [-0.15, -0.1) is 0 Å². The van der Waals surface area contributed by atoms with Crippen LogP contribution >= 0.6 is 0 Å². The first kappa shape index (κ1) is 14.3. The number of nitrogens with one attached hydrogen (secondary N) is 1. The lowest BCUT2D eigenvalue weighted by Gasteiger charge is -2.46. The summed E-state index contributed by atoms with van der Waals surface area (Å²) in [6.07, 6.45) is 2.69. The Morgan fingerprint density at radius 3 is 2.58 bits per heavy atom. The van der Waals surface area contributed by atoms with Crippen LogP contribution in [-0.4, -0.2) is 48.1 Å². The number of carbonyl (C=O) groups excluding carboxylic acids is 2. The molecule has 2 unspecified atom stereocenters. The molecular formula is C14H24N2O3. The zero-order chi connectivity index (χ0) is 14.0. The van der Waals surface area contributed by atoms with Gasteiger partial charge in [0.1, 0.15) is 11.6 Å². The maximum Gasteiger partial charge on any atom is 0.246 e. The lowest BCUT2D eigenvalue weighted by Crippen LogP contribution is -2.70. The smallest absolute Gasteiger partial charge is 0.246 e. The van der Waals surface area contributed by atoms with E-state index in [1.54, 1.807) is 4.90 Å². The van der Waals surface area contributed by atoms with Gasteiger partial charge in [0.2, 0.25) is 11.8 Å². The Morgan fingerprint density at radius 2 is 2.05 bits per heavy atom. The maximum atomic E-state index is 12.5. The first-order chi connectivity index (χ1) is 9.05. The number of piperazine rings is 1. The van der Waals surface area contributed by atoms with Crippen molar-refractivity contribution in [1.82, 2.24) is 10.2 Å². The number of amides is 2. The second-order valence-electron chi connectivity index (χ2n) is 5.54. The zero-order valence-corrected chi connectivity index (χ0v) is 12.1. The van der Waals surface area contributed by atoms with Gasteiger partial charge < -0.3 is 15.0 Å². The summed E-state index contributed by atoms with van der Waals surface area (Å²) >= 11 is 0. The van der Waals surface area contributed by atoms with Crippen molar-refractivity contribution in [2.24, 2.45) is 5.92 Å². The number of ether oxygens (including phenoxy) is 1. The van der Waals surface area contributed by atoms with Crippen molar-refractivity contribution in [2.45, 2.75) is 51.6 Å². The molecule has 1 saturated carbocycles. The van der Waals surface area contributed by atoms with E-state index >= 15 is 0 Å². The van der Waals surface area contributed by atoms with Gasteiger partial charge in [-0.3, -0.25) is 9.59 Å². The van der Waals surface area contributed by atoms with E-state index in [0.29, 0.717) is 32.1 Å². The average Bonchev–Trinajstić information content (AvgIpc) is 3.22. The summed E-state index contributed by atoms with van der Waals surface area (Å²) < 4.78 is 5.36. The molecule has 108 valence electrons. The highest BCUT2D eigenvalue weighted by Gasteiger charge is 2.56. The highest BCUT2D eigenvalue weighted by atomic mass is 16.5. The van der Waals surface area contributed by atoms with Crippen LogP contribution in [0.5, 0.6) is 0 Å². The van der Waals surface area contributed by atoms with Crippen LogP contribution in [0, 0.1) is 5.92 Å². The van der Waals surface area contributed by atoms with Crippen LogP contribution in [-0.2, 0) is 14.3 Å². The van der Waals surface area contributed by atoms with Crippen molar-refractivity contribution in [3.63, 3.8) is 0 Å². The van der Waals surface area contributed by atoms with Crippen LogP contribution in [0.15, 0.2) is 0 Å². The number of carbonyl (C=O) groups is 2. The van der Waals surface area contributed by atoms with Gasteiger partial charge in [0, 0.05) is 13.2 Å². The van der Waals surface area contributed by atoms with Crippen molar-refractivity contribution in [2.75, 3.05) is 19.8 Å². The van der Waals surface area contributed by atoms with E-state index in [-0.39, 0.29) is 17.9 Å². The van der Waals surface area contributed by atoms with E-state index in [1.165, 1.54) is 0 Å². The van der Waals surface area contributed by atoms with Gasteiger partial charge in [-0.05, 0) is 39.0 Å². The third kappa shape index (κ3) is 2.48. The summed E-state index contributed by atoms with van der Waals surface area (Å²) in [4.78, 5) is 26.7. The fraction of sp³-hybridized carbons (Fsp3) is 0.857. The van der Waals surface area contributed by atoms with Crippen molar-refractivity contribution < 1.29 is 14.3 Å². The minimum atomic E-state index is -0.681. The van der Waals surface area contributed by atoms with E-state index < -0.39 is 5.54 Å². The van der Waals surface area contributed by atoms with E-state index in [2.05, 4.69) is 5.32 Å². The first-order valence-corrected chi connectivity index (χ1v) is 7.25. The number of hydrogen-bond acceptors (Lipinski definition) is 3. The third-order valence-corrected chi connectivity index (χ3v) is 4.33. The zero-order valence-electron chi connectivity index (χ0n) is 12.1. The Balaban J connectivity index is 2.18. The van der Waals surface area contributed by atoms with Gasteiger partial charge in [0.05, 0.1) is 6.61 Å². The molecule has 5 heteroatoms. The molecule has 0 bridgehead atoms. The Kier molecular flexibility index (Phi) is 4.13. The molecule has 0 aromatic rings. The SMILES string of the molecule is CCOCCN1C(=O)C(CC)NC(=O)C1(C)C1CC1. The van der Waals surface area contributed by atoms with Crippen LogP contribution in [0.3, 0.4) is 0 Å². The van der Waals surface area contributed by atoms with Crippen LogP contribution in [0.1, 0.15) is 40.0 Å². The van der Waals surface area contributed by atoms with Crippen molar-refractivity contribution >= 4 is 11.8 Å². The Morgan fingerprint density at radius 1 is 1.37 bits per heavy atom. The average molecular weight is 268 g/mol. The summed E-state index contributed by atoms with van der Waals surface area (Å²) in [6.45, 7) is 7.38. The van der Waals surface area contributed by atoms with Gasteiger partial charge in [-0.2, -0.15) is 0 Å². The van der Waals surface area contributed by atoms with E-state index in [0.717, 1.165) is 12.8 Å². The van der Waals surface area contributed by atoms with E-state index in [1.807, 2.05) is 20.8 Å². The molecule has 2 amide bonds. The lowest BCUT2D eigenvalue weighted by atomic mass is 9.87. The molecule has 2 atom stereocenters. The molecule has 19 heavy (non-hydrogen) atoms. The van der Waals surface area contributed by atoms with E-state index in [4.69, 9.17) is 4.74 Å². The standard InChI is InChI=1S/C14H24N2O3/c1-4-11-12(17)16(8-9-19-5-2)14(3,10-6-7-10)13(18)15-11/h10-11H,4-9H2,1-3H3,(H,15,18). The molecule has 1 N–H and O–H groups in total. The van der Waals surface area contributed by atoms with Crippen molar-refractivity contribution in [1.29, 1.82) is 0 Å². The molecule has 1 aliphatic carbocycles. The molecule has 1 heterocycles. The monoisotopic (exact) mass is 268 g/mol. The van der Waals surface area contributed by atoms with Gasteiger partial charge in [0.25, 0.3) is 0 Å². The normalized spacial score (nSPS) is 31.5. The summed E-state index contributed by atoms with van der Waals surface area (Å²) in [5.41, 5.74) is -0.681. The Hall–Kier alpha value is -1.10. The summed E-state index contributed by atoms with van der Waals surface area (Å²) in [6, 6.07) is -0.374. The highest BCUT2D eigenvalue weighted by molar-refractivity contribution is 6.00. The number of nitrogens with zero attached hydrogens (tertiary/aromatic N) is 1. The van der Waals surface area contributed by atoms with Crippen LogP contribution in [0.2, 0.25) is 0 Å². The Bertz CT molecular complexity index is 368. The Labute approximate surface area is 114 Å². The van der Waals surface area contributed by atoms with E-state index in [9.17, 15) is 9.59 Å². The quantitative estimate of drug-likeness (QED) is 0.729. The fourth-order valence-electron chi connectivity index (χ4n) is 2.88. The van der Waals surface area contributed by atoms with Gasteiger partial charge in [0.15, 0.2) is 0 Å². The fourth-order valence-corrected chi connectivity index (χ4v) is 2.88. The molecule has 2 rings (SSSR count). The second kappa shape index (κ2) is 5.49. The molecule has 2 aliphatic rings. The van der Waals surface area contributed by atoms with Crippen molar-refractivity contribution in [3.8, 4) is 0 Å². The molecule has 0 aromatic carbocycles. The third-order valence-electron chi connectivity index (χ3n) is 4.33.